The number of hydrogen-bond acceptors (Lipinski definition) is 7. The van der Waals surface area contributed by atoms with E-state index in [0.717, 1.165) is 40.8 Å². The number of aromatic nitrogens is 1. The van der Waals surface area contributed by atoms with Crippen LogP contribution in [-0.2, 0) is 14.5 Å². The fraction of sp³-hybridized carbons (Fsp3) is 0.400. The monoisotopic (exact) mass is 609 g/mol. The normalized spacial score (nSPS) is 21.8. The number of sulfone groups is 1. The van der Waals surface area contributed by atoms with Gasteiger partial charge < -0.3 is 19.5 Å². The third-order valence-corrected chi connectivity index (χ3v) is 9.37. The maximum Gasteiger partial charge on any atom is 0.456 e. The highest BCUT2D eigenvalue weighted by molar-refractivity contribution is 14.1. The summed E-state index contributed by atoms with van der Waals surface area (Å²) in [6.45, 7) is 2.04. The average Bonchev–Trinajstić information content (AvgIpc) is 3.08. The van der Waals surface area contributed by atoms with Gasteiger partial charge in [0.2, 0.25) is 0 Å². The van der Waals surface area contributed by atoms with E-state index in [1.54, 1.807) is 12.3 Å². The van der Waals surface area contributed by atoms with Crippen molar-refractivity contribution >= 4 is 51.2 Å². The summed E-state index contributed by atoms with van der Waals surface area (Å²) in [6.07, 6.45) is 6.00. The molecular formula is C25H29BINO6S. The molecular weight excluding hydrogens is 580 g/mol. The Bertz CT molecular complexity index is 1250. The number of benzene rings is 1. The number of nitrogens with zero attached hydrogens (tertiary/aromatic N) is 1. The molecule has 2 N–H and O–H groups in total. The molecule has 1 aromatic carbocycles. The molecule has 35 heavy (non-hydrogen) atoms. The highest BCUT2D eigenvalue weighted by Crippen LogP contribution is 2.41. The van der Waals surface area contributed by atoms with E-state index >= 15 is 0 Å². The minimum atomic E-state index is -3.32. The van der Waals surface area contributed by atoms with E-state index in [1.165, 1.54) is 7.11 Å². The Kier molecular flexibility index (Phi) is 8.25. The highest BCUT2D eigenvalue weighted by atomic mass is 127. The van der Waals surface area contributed by atoms with Crippen molar-refractivity contribution in [3.05, 3.63) is 62.5 Å². The predicted octanol–water partition coefficient (Wildman–Crippen LogP) is 4.49. The van der Waals surface area contributed by atoms with Gasteiger partial charge in [-0.3, -0.25) is 4.98 Å². The van der Waals surface area contributed by atoms with Gasteiger partial charge in [0, 0.05) is 12.5 Å². The first kappa shape index (κ1) is 26.2. The molecule has 1 saturated heterocycles. The zero-order valence-electron chi connectivity index (χ0n) is 19.8. The molecule has 0 saturated carbocycles. The summed E-state index contributed by atoms with van der Waals surface area (Å²) >= 11 is 2.06. The summed E-state index contributed by atoms with van der Waals surface area (Å²) in [5.41, 5.74) is 4.37. The van der Waals surface area contributed by atoms with Crippen molar-refractivity contribution < 1.29 is 27.9 Å². The topological polar surface area (TPSA) is 106 Å². The van der Waals surface area contributed by atoms with Gasteiger partial charge in [-0.25, -0.2) is 8.42 Å². The van der Waals surface area contributed by atoms with Crippen molar-refractivity contribution in [2.45, 2.75) is 50.3 Å². The number of hydrogen-bond donors (Lipinski definition) is 2. The Balaban J connectivity index is 1.68. The first-order valence-electron chi connectivity index (χ1n) is 11.7. The first-order chi connectivity index (χ1) is 16.7. The minimum Gasteiger partial charge on any atom is -0.504 e. The van der Waals surface area contributed by atoms with Crippen LogP contribution in [0.2, 0.25) is 6.32 Å². The lowest BCUT2D eigenvalue weighted by Gasteiger charge is -2.32. The molecule has 0 amide bonds. The van der Waals surface area contributed by atoms with E-state index in [9.17, 15) is 18.5 Å². The second-order valence-corrected chi connectivity index (χ2v) is 12.2. The average molecular weight is 609 g/mol. The third-order valence-electron chi connectivity index (χ3n) is 6.48. The molecule has 186 valence electrons. The lowest BCUT2D eigenvalue weighted by Crippen LogP contribution is -2.41. The van der Waals surface area contributed by atoms with Gasteiger partial charge in [0.15, 0.2) is 21.3 Å². The number of phenolic OH excluding ortho intramolecular Hbond substituents is 1. The molecule has 10 heteroatoms. The Hall–Kier alpha value is -1.89. The van der Waals surface area contributed by atoms with Crippen molar-refractivity contribution in [3.63, 3.8) is 0 Å². The standard InChI is InChI=1S/C25H29BINO6S/c1-3-6-18-15-35(31,32)23-14-26(30)34-21(24(18)23)9-8-17(20-7-4-5-10-28-20)11-16-12-19(27)25(29)22(13-16)33-2/h4-5,7,10-13,21,23,29-30H,3,6,8-9,14-15H2,1-2H3/b17-11-/t21-,23+/m1/s1. The number of fused-ring (bicyclic) bond motifs is 1. The molecule has 0 aliphatic carbocycles. The second kappa shape index (κ2) is 11.0. The van der Waals surface area contributed by atoms with Crippen LogP contribution in [-0.4, -0.2) is 54.9 Å². The van der Waals surface area contributed by atoms with Crippen molar-refractivity contribution in [2.24, 2.45) is 0 Å². The highest BCUT2D eigenvalue weighted by Gasteiger charge is 2.48. The van der Waals surface area contributed by atoms with Crippen LogP contribution in [0.3, 0.4) is 0 Å². The summed E-state index contributed by atoms with van der Waals surface area (Å²) in [6, 6.07) is 9.33. The lowest BCUT2D eigenvalue weighted by atomic mass is 9.74. The zero-order chi connectivity index (χ0) is 25.2. The smallest absolute Gasteiger partial charge is 0.456 e. The molecule has 0 spiro atoms. The molecule has 2 aliphatic rings. The number of ether oxygens (including phenoxy) is 1. The van der Waals surface area contributed by atoms with Crippen LogP contribution < -0.4 is 4.74 Å². The molecule has 2 atom stereocenters. The van der Waals surface area contributed by atoms with Gasteiger partial charge >= 0.3 is 7.12 Å². The van der Waals surface area contributed by atoms with E-state index in [4.69, 9.17) is 9.39 Å². The number of halogens is 1. The van der Waals surface area contributed by atoms with Crippen molar-refractivity contribution in [3.8, 4) is 11.5 Å². The molecule has 4 rings (SSSR count). The van der Waals surface area contributed by atoms with E-state index in [1.807, 2.05) is 37.3 Å². The largest absolute Gasteiger partial charge is 0.504 e. The molecule has 2 aromatic rings. The Morgan fingerprint density at radius 1 is 1.37 bits per heavy atom. The summed E-state index contributed by atoms with van der Waals surface area (Å²) in [7, 11) is -2.91. The SMILES string of the molecule is CCCC1=C2[C@@H](CC/C(=C/c3cc(I)c(O)c(OC)c3)c3ccccn3)OB(O)C[C@@H]2S(=O)(=O)C1. The number of aromatic hydroxyl groups is 1. The first-order valence-corrected chi connectivity index (χ1v) is 14.5. The molecule has 0 unspecified atom stereocenters. The predicted molar refractivity (Wildman–Crippen MR) is 146 cm³/mol. The van der Waals surface area contributed by atoms with Crippen LogP contribution >= 0.6 is 22.6 Å². The third kappa shape index (κ3) is 5.76. The van der Waals surface area contributed by atoms with Crippen LogP contribution in [0.25, 0.3) is 11.6 Å². The van der Waals surface area contributed by atoms with Gasteiger partial charge in [-0.1, -0.05) is 25.0 Å². The molecule has 0 radical (unpaired) electrons. The Morgan fingerprint density at radius 2 is 2.17 bits per heavy atom. The second-order valence-electron chi connectivity index (χ2n) is 8.90. The molecule has 3 heterocycles. The van der Waals surface area contributed by atoms with Gasteiger partial charge in [-0.2, -0.15) is 0 Å². The van der Waals surface area contributed by atoms with Gasteiger partial charge in [-0.15, -0.1) is 0 Å². The van der Waals surface area contributed by atoms with Gasteiger partial charge in [0.05, 0.1) is 33.5 Å². The van der Waals surface area contributed by atoms with Gasteiger partial charge in [0.1, 0.15) is 0 Å². The van der Waals surface area contributed by atoms with E-state index in [2.05, 4.69) is 27.6 Å². The molecule has 7 nitrogen and oxygen atoms in total. The molecule has 2 aliphatic heterocycles. The summed E-state index contributed by atoms with van der Waals surface area (Å²) in [5, 5.41) is 19.9. The minimum absolute atomic E-state index is 0.0576. The van der Waals surface area contributed by atoms with Crippen molar-refractivity contribution in [1.29, 1.82) is 0 Å². The lowest BCUT2D eigenvalue weighted by molar-refractivity contribution is 0.171. The maximum absolute atomic E-state index is 12.8. The number of rotatable bonds is 8. The van der Waals surface area contributed by atoms with E-state index in [-0.39, 0.29) is 17.8 Å². The summed E-state index contributed by atoms with van der Waals surface area (Å²) in [4.78, 5) is 4.52. The van der Waals surface area contributed by atoms with Crippen molar-refractivity contribution in [2.75, 3.05) is 12.9 Å². The van der Waals surface area contributed by atoms with Crippen molar-refractivity contribution in [1.82, 2.24) is 4.98 Å². The maximum atomic E-state index is 12.8. The van der Waals surface area contributed by atoms with Crippen LogP contribution in [0.15, 0.2) is 47.7 Å². The fourth-order valence-corrected chi connectivity index (χ4v) is 7.73. The van der Waals surface area contributed by atoms with Crippen LogP contribution in [0.5, 0.6) is 11.5 Å². The van der Waals surface area contributed by atoms with Gasteiger partial charge in [0.25, 0.3) is 0 Å². The number of phenols is 1. The summed E-state index contributed by atoms with van der Waals surface area (Å²) < 4.78 is 37.5. The summed E-state index contributed by atoms with van der Waals surface area (Å²) in [5.74, 6) is 0.538. The van der Waals surface area contributed by atoms with Crippen LogP contribution in [0, 0.1) is 3.57 Å². The van der Waals surface area contributed by atoms with E-state index < -0.39 is 28.3 Å². The molecule has 0 bridgehead atoms. The molecule has 1 aromatic heterocycles. The quantitative estimate of drug-likeness (QED) is 0.258. The fourth-order valence-electron chi connectivity index (χ4n) is 4.95. The number of allylic oxidation sites excluding steroid dienone is 1. The number of methoxy groups -OCH3 is 1. The zero-order valence-corrected chi connectivity index (χ0v) is 22.8. The van der Waals surface area contributed by atoms with Gasteiger partial charge in [-0.05, 0) is 88.9 Å². The number of pyridine rings is 1. The Labute approximate surface area is 220 Å². The van der Waals surface area contributed by atoms with E-state index in [0.29, 0.717) is 22.2 Å². The van der Waals surface area contributed by atoms with Crippen LogP contribution in [0.1, 0.15) is 43.9 Å². The van der Waals surface area contributed by atoms with Crippen LogP contribution in [0.4, 0.5) is 0 Å². The Morgan fingerprint density at radius 3 is 2.86 bits per heavy atom. The molecule has 1 fully saturated rings.